The van der Waals surface area contributed by atoms with Gasteiger partial charge in [0.05, 0.1) is 19.3 Å². The van der Waals surface area contributed by atoms with Crippen molar-refractivity contribution < 1.29 is 19.1 Å². The Bertz CT molecular complexity index is 406. The fraction of sp³-hybridized carbons (Fsp3) is 0.231. The zero-order valence-corrected chi connectivity index (χ0v) is 9.64. The Morgan fingerprint density at radius 2 is 1.94 bits per heavy atom. The molecule has 0 amide bonds. The first kappa shape index (κ1) is 13.0. The highest BCUT2D eigenvalue weighted by atomic mass is 16.5. The summed E-state index contributed by atoms with van der Waals surface area (Å²) < 4.78 is 9.43. The molecule has 0 saturated heterocycles. The maximum Gasteiger partial charge on any atom is 0.337 e. The quantitative estimate of drug-likeness (QED) is 0.575. The summed E-state index contributed by atoms with van der Waals surface area (Å²) in [5, 5.41) is 0. The SMILES string of the molecule is C=CC(=O)OCCc1ccc(C(=O)OC)cc1. The largest absolute Gasteiger partial charge is 0.465 e. The van der Waals surface area contributed by atoms with Crippen molar-refractivity contribution in [3.05, 3.63) is 48.0 Å². The summed E-state index contributed by atoms with van der Waals surface area (Å²) >= 11 is 0. The van der Waals surface area contributed by atoms with Gasteiger partial charge in [0.25, 0.3) is 0 Å². The number of hydrogen-bond donors (Lipinski definition) is 0. The molecule has 1 rings (SSSR count). The van der Waals surface area contributed by atoms with Crippen molar-refractivity contribution in [1.82, 2.24) is 0 Å². The Balaban J connectivity index is 2.48. The van der Waals surface area contributed by atoms with Crippen LogP contribution in [0.3, 0.4) is 0 Å². The molecule has 0 aliphatic rings. The molecule has 0 spiro atoms. The van der Waals surface area contributed by atoms with Crippen LogP contribution in [-0.2, 0) is 20.7 Å². The molecule has 90 valence electrons. The van der Waals surface area contributed by atoms with E-state index in [9.17, 15) is 9.59 Å². The third kappa shape index (κ3) is 4.10. The van der Waals surface area contributed by atoms with Gasteiger partial charge < -0.3 is 9.47 Å². The minimum atomic E-state index is -0.434. The van der Waals surface area contributed by atoms with Crippen LogP contribution in [0.1, 0.15) is 15.9 Å². The molecule has 0 fully saturated rings. The van der Waals surface area contributed by atoms with E-state index < -0.39 is 5.97 Å². The van der Waals surface area contributed by atoms with Crippen LogP contribution in [-0.4, -0.2) is 25.7 Å². The van der Waals surface area contributed by atoms with E-state index in [1.54, 1.807) is 24.3 Å². The molecule has 1 aromatic carbocycles. The lowest BCUT2D eigenvalue weighted by Crippen LogP contribution is -2.05. The number of rotatable bonds is 5. The predicted molar refractivity (Wildman–Crippen MR) is 62.6 cm³/mol. The molecule has 0 heterocycles. The van der Waals surface area contributed by atoms with Crippen LogP contribution in [0, 0.1) is 0 Å². The zero-order chi connectivity index (χ0) is 12.7. The number of hydrogen-bond acceptors (Lipinski definition) is 4. The van der Waals surface area contributed by atoms with Crippen molar-refractivity contribution in [3.63, 3.8) is 0 Å². The van der Waals surface area contributed by atoms with E-state index in [0.717, 1.165) is 11.6 Å². The second-order valence-electron chi connectivity index (χ2n) is 3.31. The van der Waals surface area contributed by atoms with Crippen LogP contribution in [0.25, 0.3) is 0 Å². The zero-order valence-electron chi connectivity index (χ0n) is 9.64. The van der Waals surface area contributed by atoms with E-state index in [1.165, 1.54) is 7.11 Å². The molecular formula is C13H14O4. The summed E-state index contributed by atoms with van der Waals surface area (Å²) in [6.45, 7) is 3.59. The molecule has 4 heteroatoms. The fourth-order valence-electron chi connectivity index (χ4n) is 1.25. The second-order valence-corrected chi connectivity index (χ2v) is 3.31. The fourth-order valence-corrected chi connectivity index (χ4v) is 1.25. The Morgan fingerprint density at radius 3 is 2.47 bits per heavy atom. The third-order valence-electron chi connectivity index (χ3n) is 2.18. The van der Waals surface area contributed by atoms with Gasteiger partial charge in [-0.1, -0.05) is 18.7 Å². The highest BCUT2D eigenvalue weighted by Crippen LogP contribution is 2.06. The lowest BCUT2D eigenvalue weighted by Gasteiger charge is -2.03. The van der Waals surface area contributed by atoms with E-state index in [0.29, 0.717) is 18.6 Å². The third-order valence-corrected chi connectivity index (χ3v) is 2.18. The van der Waals surface area contributed by atoms with E-state index in [1.807, 2.05) is 0 Å². The van der Waals surface area contributed by atoms with Crippen molar-refractivity contribution in [1.29, 1.82) is 0 Å². The normalized spacial score (nSPS) is 9.47. The van der Waals surface area contributed by atoms with Gasteiger partial charge in [-0.25, -0.2) is 9.59 Å². The average Bonchev–Trinajstić information content (AvgIpc) is 2.38. The van der Waals surface area contributed by atoms with Gasteiger partial charge in [-0.15, -0.1) is 0 Å². The van der Waals surface area contributed by atoms with Gasteiger partial charge >= 0.3 is 11.9 Å². The molecule has 4 nitrogen and oxygen atoms in total. The van der Waals surface area contributed by atoms with Gasteiger partial charge in [0, 0.05) is 12.5 Å². The van der Waals surface area contributed by atoms with E-state index in [-0.39, 0.29) is 5.97 Å². The van der Waals surface area contributed by atoms with E-state index in [2.05, 4.69) is 11.3 Å². The maximum atomic E-state index is 11.2. The Kier molecular flexibility index (Phi) is 4.94. The highest BCUT2D eigenvalue weighted by Gasteiger charge is 2.04. The summed E-state index contributed by atoms with van der Waals surface area (Å²) in [5.74, 6) is -0.800. The van der Waals surface area contributed by atoms with Crippen molar-refractivity contribution in [2.24, 2.45) is 0 Å². The van der Waals surface area contributed by atoms with Crippen LogP contribution >= 0.6 is 0 Å². The number of esters is 2. The molecule has 0 aromatic heterocycles. The lowest BCUT2D eigenvalue weighted by molar-refractivity contribution is -0.137. The summed E-state index contributed by atoms with van der Waals surface area (Å²) in [4.78, 5) is 21.9. The molecular weight excluding hydrogens is 220 g/mol. The molecule has 0 unspecified atom stereocenters. The van der Waals surface area contributed by atoms with Gasteiger partial charge in [0.2, 0.25) is 0 Å². The molecule has 0 radical (unpaired) electrons. The molecule has 0 saturated carbocycles. The van der Waals surface area contributed by atoms with Crippen LogP contribution in [0.2, 0.25) is 0 Å². The molecule has 17 heavy (non-hydrogen) atoms. The molecule has 0 bridgehead atoms. The van der Waals surface area contributed by atoms with Crippen LogP contribution in [0.4, 0.5) is 0 Å². The molecule has 0 atom stereocenters. The van der Waals surface area contributed by atoms with Gasteiger partial charge in [0.1, 0.15) is 0 Å². The molecule has 0 N–H and O–H groups in total. The average molecular weight is 234 g/mol. The van der Waals surface area contributed by atoms with Crippen molar-refractivity contribution in [3.8, 4) is 0 Å². The monoisotopic (exact) mass is 234 g/mol. The standard InChI is InChI=1S/C13H14O4/c1-3-12(14)17-9-8-10-4-6-11(7-5-10)13(15)16-2/h3-7H,1,8-9H2,2H3. The number of methoxy groups -OCH3 is 1. The Morgan fingerprint density at radius 1 is 1.29 bits per heavy atom. The number of benzene rings is 1. The van der Waals surface area contributed by atoms with Crippen molar-refractivity contribution in [2.45, 2.75) is 6.42 Å². The number of carbonyl (C=O) groups excluding carboxylic acids is 2. The van der Waals surface area contributed by atoms with Crippen LogP contribution in [0.5, 0.6) is 0 Å². The summed E-state index contributed by atoms with van der Waals surface area (Å²) in [7, 11) is 1.34. The first-order chi connectivity index (χ1) is 8.17. The van der Waals surface area contributed by atoms with Gasteiger partial charge in [0.15, 0.2) is 0 Å². The summed E-state index contributed by atoms with van der Waals surface area (Å²) in [6, 6.07) is 6.95. The second kappa shape index (κ2) is 6.48. The summed E-state index contributed by atoms with van der Waals surface area (Å²) in [6.07, 6.45) is 1.72. The first-order valence-corrected chi connectivity index (χ1v) is 5.14. The first-order valence-electron chi connectivity index (χ1n) is 5.14. The van der Waals surface area contributed by atoms with Gasteiger partial charge in [-0.3, -0.25) is 0 Å². The highest BCUT2D eigenvalue weighted by molar-refractivity contribution is 5.89. The van der Waals surface area contributed by atoms with Crippen LogP contribution < -0.4 is 0 Å². The maximum absolute atomic E-state index is 11.2. The Labute approximate surface area is 99.8 Å². The number of ether oxygens (including phenoxy) is 2. The topological polar surface area (TPSA) is 52.6 Å². The Hall–Kier alpha value is -2.10. The minimum Gasteiger partial charge on any atom is -0.465 e. The van der Waals surface area contributed by atoms with Crippen molar-refractivity contribution in [2.75, 3.05) is 13.7 Å². The van der Waals surface area contributed by atoms with Crippen LogP contribution in [0.15, 0.2) is 36.9 Å². The van der Waals surface area contributed by atoms with Crippen molar-refractivity contribution >= 4 is 11.9 Å². The molecule has 0 aliphatic heterocycles. The minimum absolute atomic E-state index is 0.294. The number of carbonyl (C=O) groups is 2. The van der Waals surface area contributed by atoms with Gasteiger partial charge in [-0.05, 0) is 17.7 Å². The predicted octanol–water partition coefficient (Wildman–Crippen LogP) is 1.74. The summed E-state index contributed by atoms with van der Waals surface area (Å²) in [5.41, 5.74) is 1.48. The van der Waals surface area contributed by atoms with E-state index in [4.69, 9.17) is 4.74 Å². The van der Waals surface area contributed by atoms with E-state index >= 15 is 0 Å². The lowest BCUT2D eigenvalue weighted by atomic mass is 10.1. The molecule has 1 aromatic rings. The van der Waals surface area contributed by atoms with Gasteiger partial charge in [-0.2, -0.15) is 0 Å². The smallest absolute Gasteiger partial charge is 0.337 e. The molecule has 0 aliphatic carbocycles.